The fraction of sp³-hybridized carbons (Fsp3) is 0.375. The number of ether oxygens (including phenoxy) is 2. The molecule has 9 heteroatoms. The SMILES string of the molecule is CCOC(=O)N[C@H]1Cc2cc(-c3ccc4c(=O)c(C(=O)O)cn(C5CC5)c4c3OC)sc2C1. The van der Waals surface area contributed by atoms with E-state index in [9.17, 15) is 19.5 Å². The van der Waals surface area contributed by atoms with Crippen LogP contribution in [0.1, 0.15) is 46.6 Å². The minimum Gasteiger partial charge on any atom is -0.494 e. The molecule has 0 saturated heterocycles. The molecule has 0 radical (unpaired) electrons. The highest BCUT2D eigenvalue weighted by atomic mass is 32.1. The Balaban J connectivity index is 1.55. The highest BCUT2D eigenvalue weighted by Crippen LogP contribution is 2.45. The van der Waals surface area contributed by atoms with Gasteiger partial charge in [0.2, 0.25) is 5.43 Å². The standard InChI is InChI=1S/C24H24N2O6S/c1-3-32-24(30)25-13-8-12-9-19(33-18(12)10-13)15-6-7-16-20(22(15)31-2)26(14-4-5-14)11-17(21(16)27)23(28)29/h6-7,9,11,13-14H,3-5,8,10H2,1-2H3,(H,25,30)(H,28,29)/t13-/m0/s1. The molecule has 0 spiro atoms. The second kappa shape index (κ2) is 8.22. The van der Waals surface area contributed by atoms with Crippen molar-refractivity contribution >= 4 is 34.3 Å². The van der Waals surface area contributed by atoms with Gasteiger partial charge in [-0.2, -0.15) is 0 Å². The van der Waals surface area contributed by atoms with Crippen LogP contribution in [0.5, 0.6) is 5.75 Å². The zero-order valence-corrected chi connectivity index (χ0v) is 19.2. The smallest absolute Gasteiger partial charge is 0.407 e. The van der Waals surface area contributed by atoms with Crippen LogP contribution in [-0.4, -0.2) is 41.5 Å². The molecule has 2 aliphatic carbocycles. The lowest BCUT2D eigenvalue weighted by Crippen LogP contribution is -2.35. The maximum absolute atomic E-state index is 12.9. The molecule has 2 heterocycles. The normalized spacial score (nSPS) is 17.1. The van der Waals surface area contributed by atoms with Crippen molar-refractivity contribution < 1.29 is 24.2 Å². The maximum Gasteiger partial charge on any atom is 0.407 e. The molecule has 1 atom stereocenters. The van der Waals surface area contributed by atoms with Crippen molar-refractivity contribution in [1.29, 1.82) is 0 Å². The summed E-state index contributed by atoms with van der Waals surface area (Å²) < 4.78 is 12.7. The van der Waals surface area contributed by atoms with Gasteiger partial charge in [-0.15, -0.1) is 11.3 Å². The van der Waals surface area contributed by atoms with Crippen LogP contribution >= 0.6 is 11.3 Å². The van der Waals surface area contributed by atoms with Crippen molar-refractivity contribution in [2.45, 2.75) is 44.7 Å². The van der Waals surface area contributed by atoms with Crippen LogP contribution < -0.4 is 15.5 Å². The maximum atomic E-state index is 12.9. The number of rotatable bonds is 6. The Labute approximate surface area is 193 Å². The first-order chi connectivity index (χ1) is 15.9. The third-order valence-electron chi connectivity index (χ3n) is 6.18. The summed E-state index contributed by atoms with van der Waals surface area (Å²) in [4.78, 5) is 38.5. The number of carbonyl (C=O) groups is 2. The van der Waals surface area contributed by atoms with Gasteiger partial charge in [-0.05, 0) is 49.9 Å². The third kappa shape index (κ3) is 3.76. The molecule has 3 aromatic rings. The highest BCUT2D eigenvalue weighted by Gasteiger charge is 2.30. The van der Waals surface area contributed by atoms with Crippen LogP contribution in [-0.2, 0) is 17.6 Å². The number of hydrogen-bond acceptors (Lipinski definition) is 6. The Bertz CT molecular complexity index is 1310. The van der Waals surface area contributed by atoms with Crippen LogP contribution in [0.25, 0.3) is 21.3 Å². The molecular formula is C24H24N2O6S. The van der Waals surface area contributed by atoms with Crippen LogP contribution in [0.3, 0.4) is 0 Å². The molecule has 5 rings (SSSR count). The first-order valence-electron chi connectivity index (χ1n) is 11.0. The van der Waals surface area contributed by atoms with Crippen molar-refractivity contribution in [3.63, 3.8) is 0 Å². The predicted octanol–water partition coefficient (Wildman–Crippen LogP) is 3.99. The monoisotopic (exact) mass is 468 g/mol. The number of benzene rings is 1. The molecule has 2 N–H and O–H groups in total. The van der Waals surface area contributed by atoms with E-state index >= 15 is 0 Å². The van der Waals surface area contributed by atoms with E-state index in [1.807, 2.05) is 10.6 Å². The van der Waals surface area contributed by atoms with Gasteiger partial charge >= 0.3 is 12.1 Å². The molecule has 8 nitrogen and oxygen atoms in total. The number of methoxy groups -OCH3 is 1. The first kappa shape index (κ1) is 21.5. The lowest BCUT2D eigenvalue weighted by atomic mass is 10.0. The van der Waals surface area contributed by atoms with E-state index in [0.717, 1.165) is 36.1 Å². The molecule has 1 amide bonds. The van der Waals surface area contributed by atoms with Gasteiger partial charge in [0.1, 0.15) is 5.56 Å². The average molecular weight is 469 g/mol. The van der Waals surface area contributed by atoms with E-state index < -0.39 is 17.5 Å². The summed E-state index contributed by atoms with van der Waals surface area (Å²) in [5, 5.41) is 12.8. The zero-order chi connectivity index (χ0) is 23.3. The van der Waals surface area contributed by atoms with Crippen molar-refractivity contribution in [2.24, 2.45) is 0 Å². The molecule has 0 unspecified atom stereocenters. The third-order valence-corrected chi connectivity index (χ3v) is 7.41. The van der Waals surface area contributed by atoms with E-state index in [1.165, 1.54) is 16.6 Å². The molecule has 1 fully saturated rings. The average Bonchev–Trinajstić information content (AvgIpc) is 3.44. The summed E-state index contributed by atoms with van der Waals surface area (Å²) >= 11 is 1.65. The number of nitrogens with zero attached hydrogens (tertiary/aromatic N) is 1. The Morgan fingerprint density at radius 2 is 2.06 bits per heavy atom. The molecular weight excluding hydrogens is 444 g/mol. The van der Waals surface area contributed by atoms with Gasteiger partial charge in [0.05, 0.1) is 24.6 Å². The lowest BCUT2D eigenvalue weighted by molar-refractivity contribution is 0.0694. The van der Waals surface area contributed by atoms with Crippen molar-refractivity contribution in [3.8, 4) is 16.2 Å². The molecule has 0 bridgehead atoms. The molecule has 172 valence electrons. The van der Waals surface area contributed by atoms with E-state index in [0.29, 0.717) is 23.3 Å². The molecule has 1 aromatic carbocycles. The van der Waals surface area contributed by atoms with Gasteiger partial charge < -0.3 is 24.5 Å². The summed E-state index contributed by atoms with van der Waals surface area (Å²) in [6.45, 7) is 2.12. The minimum absolute atomic E-state index is 0.0207. The van der Waals surface area contributed by atoms with Gasteiger partial charge in [-0.25, -0.2) is 9.59 Å². The molecule has 0 aliphatic heterocycles. The number of pyridine rings is 1. The lowest BCUT2D eigenvalue weighted by Gasteiger charge is -2.17. The number of nitrogens with one attached hydrogen (secondary N) is 1. The first-order valence-corrected chi connectivity index (χ1v) is 11.8. The summed E-state index contributed by atoms with van der Waals surface area (Å²) in [5.41, 5.74) is 1.97. The van der Waals surface area contributed by atoms with Gasteiger partial charge in [0, 0.05) is 40.0 Å². The van der Waals surface area contributed by atoms with Crippen molar-refractivity contribution in [1.82, 2.24) is 9.88 Å². The fourth-order valence-corrected chi connectivity index (χ4v) is 5.85. The summed E-state index contributed by atoms with van der Waals surface area (Å²) in [6, 6.07) is 5.84. The molecule has 2 aromatic heterocycles. The van der Waals surface area contributed by atoms with Crippen LogP contribution in [0.2, 0.25) is 0 Å². The summed E-state index contributed by atoms with van der Waals surface area (Å²) in [5.74, 6) is -0.644. The quantitative estimate of drug-likeness (QED) is 0.567. The Morgan fingerprint density at radius 1 is 1.27 bits per heavy atom. The number of carboxylic acids is 1. The van der Waals surface area contributed by atoms with E-state index in [-0.39, 0.29) is 17.6 Å². The van der Waals surface area contributed by atoms with Crippen LogP contribution in [0.4, 0.5) is 4.79 Å². The Kier molecular flexibility index (Phi) is 5.36. The number of carbonyl (C=O) groups excluding carboxylic acids is 1. The number of amides is 1. The molecule has 1 saturated carbocycles. The van der Waals surface area contributed by atoms with Gasteiger partial charge in [-0.1, -0.05) is 0 Å². The van der Waals surface area contributed by atoms with Gasteiger partial charge in [0.15, 0.2) is 5.75 Å². The van der Waals surface area contributed by atoms with Gasteiger partial charge in [-0.3, -0.25) is 4.79 Å². The molecule has 2 aliphatic rings. The second-order valence-electron chi connectivity index (χ2n) is 8.39. The zero-order valence-electron chi connectivity index (χ0n) is 18.3. The fourth-order valence-electron chi connectivity index (χ4n) is 4.56. The number of carboxylic acid groups (broad SMARTS) is 1. The van der Waals surface area contributed by atoms with Crippen molar-refractivity contribution in [3.05, 3.63) is 50.6 Å². The van der Waals surface area contributed by atoms with Crippen molar-refractivity contribution in [2.75, 3.05) is 13.7 Å². The number of thiophene rings is 1. The molecule has 33 heavy (non-hydrogen) atoms. The highest BCUT2D eigenvalue weighted by molar-refractivity contribution is 7.15. The van der Waals surface area contributed by atoms with E-state index in [4.69, 9.17) is 9.47 Å². The number of alkyl carbamates (subject to hydrolysis) is 1. The minimum atomic E-state index is -1.22. The number of hydrogen-bond donors (Lipinski definition) is 2. The second-order valence-corrected chi connectivity index (χ2v) is 9.52. The van der Waals surface area contributed by atoms with Crippen LogP contribution in [0.15, 0.2) is 29.2 Å². The topological polar surface area (TPSA) is 107 Å². The number of aromatic carboxylic acids is 1. The number of aromatic nitrogens is 1. The van der Waals surface area contributed by atoms with Gasteiger partial charge in [0.25, 0.3) is 0 Å². The summed E-state index contributed by atoms with van der Waals surface area (Å²) in [6.07, 6.45) is 4.41. The van der Waals surface area contributed by atoms with E-state index in [1.54, 1.807) is 31.4 Å². The Morgan fingerprint density at radius 3 is 2.70 bits per heavy atom. The largest absolute Gasteiger partial charge is 0.494 e. The van der Waals surface area contributed by atoms with Crippen LogP contribution in [0, 0.1) is 0 Å². The van der Waals surface area contributed by atoms with E-state index in [2.05, 4.69) is 11.4 Å². The summed E-state index contributed by atoms with van der Waals surface area (Å²) in [7, 11) is 1.58. The number of fused-ring (bicyclic) bond motifs is 2. The Hall–Kier alpha value is -3.33. The predicted molar refractivity (Wildman–Crippen MR) is 125 cm³/mol.